The number of hydrogen-bond donors (Lipinski definition) is 1. The lowest BCUT2D eigenvalue weighted by molar-refractivity contribution is 0.0773. The molecule has 0 saturated carbocycles. The third-order valence-corrected chi connectivity index (χ3v) is 4.30. The molecule has 1 N–H and O–H groups in total. The highest BCUT2D eigenvalue weighted by Crippen LogP contribution is 2.14. The van der Waals surface area contributed by atoms with Crippen LogP contribution in [0.5, 0.6) is 0 Å². The first-order valence-corrected chi connectivity index (χ1v) is 9.24. The van der Waals surface area contributed by atoms with Crippen LogP contribution < -0.4 is 5.32 Å². The quantitative estimate of drug-likeness (QED) is 0.790. The lowest BCUT2D eigenvalue weighted by atomic mass is 10.0. The summed E-state index contributed by atoms with van der Waals surface area (Å²) < 4.78 is 0. The van der Waals surface area contributed by atoms with Crippen molar-refractivity contribution in [2.75, 3.05) is 18.4 Å². The summed E-state index contributed by atoms with van der Waals surface area (Å²) in [6.45, 7) is 9.64. The van der Waals surface area contributed by atoms with Gasteiger partial charge in [-0.15, -0.1) is 0 Å². The zero-order valence-corrected chi connectivity index (χ0v) is 16.1. The van der Waals surface area contributed by atoms with Crippen molar-refractivity contribution in [1.29, 1.82) is 0 Å². The number of carbonyl (C=O) groups excluding carboxylic acids is 2. The van der Waals surface area contributed by atoms with Gasteiger partial charge in [0.15, 0.2) is 0 Å². The van der Waals surface area contributed by atoms with Crippen molar-refractivity contribution in [3.63, 3.8) is 0 Å². The van der Waals surface area contributed by atoms with E-state index >= 15 is 0 Å². The van der Waals surface area contributed by atoms with Crippen LogP contribution in [0.1, 0.15) is 54.0 Å². The minimum absolute atomic E-state index is 0.00798. The predicted molar refractivity (Wildman–Crippen MR) is 107 cm³/mol. The van der Waals surface area contributed by atoms with E-state index in [1.807, 2.05) is 38.1 Å². The lowest BCUT2D eigenvalue weighted by Crippen LogP contribution is -2.30. The highest BCUT2D eigenvalue weighted by molar-refractivity contribution is 6.04. The van der Waals surface area contributed by atoms with Crippen LogP contribution in [0, 0.1) is 5.92 Å². The molecule has 138 valence electrons. The van der Waals surface area contributed by atoms with Crippen molar-refractivity contribution in [3.8, 4) is 0 Å². The van der Waals surface area contributed by atoms with Crippen LogP contribution in [0.2, 0.25) is 0 Å². The molecule has 0 atom stereocenters. The van der Waals surface area contributed by atoms with Gasteiger partial charge in [0, 0.05) is 29.9 Å². The van der Waals surface area contributed by atoms with E-state index in [0.29, 0.717) is 35.8 Å². The number of nitrogens with zero attached hydrogens (tertiary/aromatic N) is 1. The summed E-state index contributed by atoms with van der Waals surface area (Å²) in [4.78, 5) is 26.5. The maximum atomic E-state index is 12.4. The molecule has 4 nitrogen and oxygen atoms in total. The Bertz CT molecular complexity index is 730. The molecule has 2 amide bonds. The molecule has 0 radical (unpaired) electrons. The van der Waals surface area contributed by atoms with Gasteiger partial charge in [0.1, 0.15) is 0 Å². The molecule has 0 fully saturated rings. The SMILES string of the molecule is CCN(CC)C(=O)c1ccc(NC(=O)c2ccc(CC(C)C)cc2)cc1. The lowest BCUT2D eigenvalue weighted by Gasteiger charge is -2.18. The Labute approximate surface area is 156 Å². The van der Waals surface area contributed by atoms with Crippen LogP contribution in [0.3, 0.4) is 0 Å². The molecule has 0 heterocycles. The molecule has 0 spiro atoms. The van der Waals surface area contributed by atoms with Crippen LogP contribution in [0.25, 0.3) is 0 Å². The van der Waals surface area contributed by atoms with Crippen LogP contribution in [-0.2, 0) is 6.42 Å². The number of carbonyl (C=O) groups is 2. The fourth-order valence-electron chi connectivity index (χ4n) is 2.86. The number of nitrogens with one attached hydrogen (secondary N) is 1. The van der Waals surface area contributed by atoms with Crippen molar-refractivity contribution in [2.45, 2.75) is 34.1 Å². The van der Waals surface area contributed by atoms with Crippen molar-refractivity contribution >= 4 is 17.5 Å². The monoisotopic (exact) mass is 352 g/mol. The first-order chi connectivity index (χ1) is 12.4. The van der Waals surface area contributed by atoms with Crippen molar-refractivity contribution in [3.05, 3.63) is 65.2 Å². The molecule has 2 aromatic rings. The van der Waals surface area contributed by atoms with E-state index in [1.165, 1.54) is 5.56 Å². The summed E-state index contributed by atoms with van der Waals surface area (Å²) in [6.07, 6.45) is 1.00. The minimum atomic E-state index is -0.149. The molecule has 2 rings (SSSR count). The summed E-state index contributed by atoms with van der Waals surface area (Å²) in [7, 11) is 0. The second-order valence-corrected chi connectivity index (χ2v) is 6.80. The molecule has 0 aliphatic carbocycles. The van der Waals surface area contributed by atoms with Crippen LogP contribution in [0.4, 0.5) is 5.69 Å². The van der Waals surface area contributed by atoms with Gasteiger partial charge in [0.25, 0.3) is 11.8 Å². The molecule has 4 heteroatoms. The van der Waals surface area contributed by atoms with E-state index in [1.54, 1.807) is 29.2 Å². The van der Waals surface area contributed by atoms with Crippen LogP contribution in [-0.4, -0.2) is 29.8 Å². The predicted octanol–water partition coefficient (Wildman–Crippen LogP) is 4.62. The smallest absolute Gasteiger partial charge is 0.255 e. The standard InChI is InChI=1S/C22H28N2O2/c1-5-24(6-2)22(26)19-11-13-20(14-12-19)23-21(25)18-9-7-17(8-10-18)15-16(3)4/h7-14,16H,5-6,15H2,1-4H3,(H,23,25). The summed E-state index contributed by atoms with van der Waals surface area (Å²) >= 11 is 0. The summed E-state index contributed by atoms with van der Waals surface area (Å²) in [5.74, 6) is 0.449. The Kier molecular flexibility index (Phi) is 6.96. The van der Waals surface area contributed by atoms with Gasteiger partial charge in [-0.05, 0) is 68.1 Å². The van der Waals surface area contributed by atoms with Gasteiger partial charge in [-0.3, -0.25) is 9.59 Å². The Hall–Kier alpha value is -2.62. The molecule has 0 aliphatic heterocycles. The Morgan fingerprint density at radius 2 is 1.42 bits per heavy atom. The summed E-state index contributed by atoms with van der Waals surface area (Å²) in [5.41, 5.74) is 3.17. The molecule has 2 aromatic carbocycles. The van der Waals surface area contributed by atoms with Crippen LogP contribution >= 0.6 is 0 Å². The zero-order valence-electron chi connectivity index (χ0n) is 16.1. The fourth-order valence-corrected chi connectivity index (χ4v) is 2.86. The molecule has 0 aliphatic rings. The molecule has 0 bridgehead atoms. The fraction of sp³-hybridized carbons (Fsp3) is 0.364. The summed E-state index contributed by atoms with van der Waals surface area (Å²) in [5, 5.41) is 2.88. The van der Waals surface area contributed by atoms with E-state index in [4.69, 9.17) is 0 Å². The van der Waals surface area contributed by atoms with Gasteiger partial charge >= 0.3 is 0 Å². The molecule has 0 aromatic heterocycles. The van der Waals surface area contributed by atoms with E-state index in [2.05, 4.69) is 19.2 Å². The normalized spacial score (nSPS) is 10.7. The number of hydrogen-bond acceptors (Lipinski definition) is 2. The maximum Gasteiger partial charge on any atom is 0.255 e. The largest absolute Gasteiger partial charge is 0.339 e. The number of benzene rings is 2. The average molecular weight is 352 g/mol. The Morgan fingerprint density at radius 3 is 1.92 bits per heavy atom. The number of rotatable bonds is 7. The van der Waals surface area contributed by atoms with Gasteiger partial charge in [-0.25, -0.2) is 0 Å². The first kappa shape index (κ1) is 19.7. The van der Waals surface area contributed by atoms with Gasteiger partial charge < -0.3 is 10.2 Å². The highest BCUT2D eigenvalue weighted by Gasteiger charge is 2.12. The van der Waals surface area contributed by atoms with Crippen molar-refractivity contribution in [2.24, 2.45) is 5.92 Å². The average Bonchev–Trinajstić information content (AvgIpc) is 2.63. The van der Waals surface area contributed by atoms with Crippen LogP contribution in [0.15, 0.2) is 48.5 Å². The van der Waals surface area contributed by atoms with Crippen molar-refractivity contribution < 1.29 is 9.59 Å². The maximum absolute atomic E-state index is 12.4. The second kappa shape index (κ2) is 9.18. The molecule has 0 saturated heterocycles. The third-order valence-electron chi connectivity index (χ3n) is 4.30. The van der Waals surface area contributed by atoms with Gasteiger partial charge in [0.2, 0.25) is 0 Å². The minimum Gasteiger partial charge on any atom is -0.339 e. The van der Waals surface area contributed by atoms with E-state index < -0.39 is 0 Å². The van der Waals surface area contributed by atoms with Crippen molar-refractivity contribution in [1.82, 2.24) is 4.90 Å². The Morgan fingerprint density at radius 1 is 0.885 bits per heavy atom. The Balaban J connectivity index is 2.02. The second-order valence-electron chi connectivity index (χ2n) is 6.80. The molecule has 0 unspecified atom stereocenters. The van der Waals surface area contributed by atoms with Gasteiger partial charge in [-0.1, -0.05) is 26.0 Å². The van der Waals surface area contributed by atoms with E-state index in [0.717, 1.165) is 6.42 Å². The van der Waals surface area contributed by atoms with Gasteiger partial charge in [0.05, 0.1) is 0 Å². The third kappa shape index (κ3) is 5.19. The molecular weight excluding hydrogens is 324 g/mol. The molecule has 26 heavy (non-hydrogen) atoms. The molecular formula is C22H28N2O2. The number of amides is 2. The van der Waals surface area contributed by atoms with E-state index in [9.17, 15) is 9.59 Å². The van der Waals surface area contributed by atoms with E-state index in [-0.39, 0.29) is 11.8 Å². The first-order valence-electron chi connectivity index (χ1n) is 9.24. The topological polar surface area (TPSA) is 49.4 Å². The zero-order chi connectivity index (χ0) is 19.1. The van der Waals surface area contributed by atoms with Gasteiger partial charge in [-0.2, -0.15) is 0 Å². The summed E-state index contributed by atoms with van der Waals surface area (Å²) in [6, 6.07) is 14.7. The number of anilines is 1. The highest BCUT2D eigenvalue weighted by atomic mass is 16.2.